The third-order valence-electron chi connectivity index (χ3n) is 3.74. The van der Waals surface area contributed by atoms with Crippen molar-refractivity contribution >= 4 is 0 Å². The van der Waals surface area contributed by atoms with Gasteiger partial charge in [-0.3, -0.25) is 0 Å². The van der Waals surface area contributed by atoms with Gasteiger partial charge in [-0.2, -0.15) is 0 Å². The van der Waals surface area contributed by atoms with Crippen molar-refractivity contribution < 1.29 is 10.2 Å². The fraction of sp³-hybridized carbons (Fsp3) is 1.00. The van der Waals surface area contributed by atoms with Gasteiger partial charge in [0.15, 0.2) is 0 Å². The van der Waals surface area contributed by atoms with Gasteiger partial charge in [0, 0.05) is 0 Å². The highest BCUT2D eigenvalue weighted by Crippen LogP contribution is 2.58. The zero-order valence-electron chi connectivity index (χ0n) is 7.88. The largest absolute Gasteiger partial charge is 0.390 e. The van der Waals surface area contributed by atoms with Crippen LogP contribution < -0.4 is 0 Å². The van der Waals surface area contributed by atoms with Crippen molar-refractivity contribution in [3.8, 4) is 0 Å². The highest BCUT2D eigenvalue weighted by Gasteiger charge is 2.62. The average molecular weight is 170 g/mol. The summed E-state index contributed by atoms with van der Waals surface area (Å²) in [5, 5.41) is 19.5. The van der Waals surface area contributed by atoms with Crippen LogP contribution in [0.15, 0.2) is 0 Å². The smallest absolute Gasteiger partial charge is 0.0684 e. The van der Waals surface area contributed by atoms with Crippen molar-refractivity contribution in [1.82, 2.24) is 0 Å². The second-order valence-electron chi connectivity index (χ2n) is 4.78. The van der Waals surface area contributed by atoms with Gasteiger partial charge < -0.3 is 10.2 Å². The van der Waals surface area contributed by atoms with Crippen molar-refractivity contribution in [3.05, 3.63) is 0 Å². The van der Waals surface area contributed by atoms with Crippen molar-refractivity contribution in [2.45, 2.75) is 50.7 Å². The van der Waals surface area contributed by atoms with Crippen LogP contribution in [0.5, 0.6) is 0 Å². The molecule has 12 heavy (non-hydrogen) atoms. The Morgan fingerprint density at radius 1 is 1.25 bits per heavy atom. The molecule has 2 N–H and O–H groups in total. The number of rotatable bonds is 3. The SMILES string of the molecule is CC[C@@H]1[C@@H](CC2(O)CC2)[C@@]1(C)O. The van der Waals surface area contributed by atoms with E-state index in [1.807, 2.05) is 6.92 Å². The third kappa shape index (κ3) is 1.17. The van der Waals surface area contributed by atoms with Crippen LogP contribution >= 0.6 is 0 Å². The summed E-state index contributed by atoms with van der Waals surface area (Å²) in [5.74, 6) is 0.789. The Morgan fingerprint density at radius 2 is 1.83 bits per heavy atom. The van der Waals surface area contributed by atoms with E-state index in [2.05, 4.69) is 6.92 Å². The second-order valence-corrected chi connectivity index (χ2v) is 4.78. The van der Waals surface area contributed by atoms with E-state index in [4.69, 9.17) is 0 Å². The lowest BCUT2D eigenvalue weighted by molar-refractivity contribution is 0.0977. The molecule has 0 spiro atoms. The number of hydrogen-bond donors (Lipinski definition) is 2. The van der Waals surface area contributed by atoms with E-state index >= 15 is 0 Å². The van der Waals surface area contributed by atoms with E-state index in [-0.39, 0.29) is 0 Å². The van der Waals surface area contributed by atoms with Crippen LogP contribution in [0.25, 0.3) is 0 Å². The third-order valence-corrected chi connectivity index (χ3v) is 3.74. The summed E-state index contributed by atoms with van der Waals surface area (Å²) in [5.41, 5.74) is -0.869. The van der Waals surface area contributed by atoms with Crippen molar-refractivity contribution in [2.75, 3.05) is 0 Å². The summed E-state index contributed by atoms with van der Waals surface area (Å²) in [7, 11) is 0. The van der Waals surface area contributed by atoms with Crippen LogP contribution in [-0.2, 0) is 0 Å². The first-order valence-corrected chi connectivity index (χ1v) is 4.94. The summed E-state index contributed by atoms with van der Waals surface area (Å²) in [4.78, 5) is 0. The molecule has 0 radical (unpaired) electrons. The van der Waals surface area contributed by atoms with Gasteiger partial charge in [0.05, 0.1) is 11.2 Å². The minimum Gasteiger partial charge on any atom is -0.390 e. The minimum absolute atomic E-state index is 0.356. The van der Waals surface area contributed by atoms with Gasteiger partial charge in [-0.25, -0.2) is 0 Å². The van der Waals surface area contributed by atoms with E-state index in [0.29, 0.717) is 11.8 Å². The molecule has 0 saturated heterocycles. The Labute approximate surface area is 73.6 Å². The van der Waals surface area contributed by atoms with E-state index in [1.165, 1.54) is 0 Å². The highest BCUT2D eigenvalue weighted by atomic mass is 16.3. The van der Waals surface area contributed by atoms with Gasteiger partial charge in [-0.1, -0.05) is 13.3 Å². The predicted molar refractivity (Wildman–Crippen MR) is 46.7 cm³/mol. The van der Waals surface area contributed by atoms with Gasteiger partial charge in [-0.15, -0.1) is 0 Å². The monoisotopic (exact) mass is 170 g/mol. The molecule has 0 amide bonds. The van der Waals surface area contributed by atoms with Gasteiger partial charge in [0.2, 0.25) is 0 Å². The predicted octanol–water partition coefficient (Wildman–Crippen LogP) is 1.31. The molecule has 0 unspecified atom stereocenters. The van der Waals surface area contributed by atoms with E-state index < -0.39 is 11.2 Å². The van der Waals surface area contributed by atoms with Gasteiger partial charge in [-0.05, 0) is 38.0 Å². The van der Waals surface area contributed by atoms with E-state index in [0.717, 1.165) is 25.7 Å². The summed E-state index contributed by atoms with van der Waals surface area (Å²) < 4.78 is 0. The summed E-state index contributed by atoms with van der Waals surface area (Å²) in [6.07, 6.45) is 3.73. The fourth-order valence-corrected chi connectivity index (χ4v) is 2.49. The summed E-state index contributed by atoms with van der Waals surface area (Å²) in [6, 6.07) is 0. The molecule has 70 valence electrons. The molecule has 2 saturated carbocycles. The molecule has 0 aromatic rings. The van der Waals surface area contributed by atoms with Crippen LogP contribution in [0.4, 0.5) is 0 Å². The lowest BCUT2D eigenvalue weighted by Gasteiger charge is -2.06. The van der Waals surface area contributed by atoms with Crippen molar-refractivity contribution in [3.63, 3.8) is 0 Å². The molecule has 2 fully saturated rings. The Bertz CT molecular complexity index is 194. The Morgan fingerprint density at radius 3 is 2.17 bits per heavy atom. The highest BCUT2D eigenvalue weighted by molar-refractivity contribution is 5.12. The molecule has 2 aliphatic rings. The van der Waals surface area contributed by atoms with Crippen molar-refractivity contribution in [2.24, 2.45) is 11.8 Å². The van der Waals surface area contributed by atoms with Gasteiger partial charge >= 0.3 is 0 Å². The van der Waals surface area contributed by atoms with E-state index in [9.17, 15) is 10.2 Å². The number of hydrogen-bond acceptors (Lipinski definition) is 2. The van der Waals surface area contributed by atoms with Gasteiger partial charge in [0.1, 0.15) is 0 Å². The molecule has 0 aliphatic heterocycles. The second kappa shape index (κ2) is 2.24. The molecule has 3 atom stereocenters. The first-order chi connectivity index (χ1) is 5.49. The quantitative estimate of drug-likeness (QED) is 0.670. The lowest BCUT2D eigenvalue weighted by Crippen LogP contribution is -2.12. The maximum Gasteiger partial charge on any atom is 0.0684 e. The fourth-order valence-electron chi connectivity index (χ4n) is 2.49. The first-order valence-electron chi connectivity index (χ1n) is 4.94. The van der Waals surface area contributed by atoms with Crippen LogP contribution in [0.3, 0.4) is 0 Å². The Balaban J connectivity index is 1.91. The molecular formula is C10H18O2. The van der Waals surface area contributed by atoms with Crippen LogP contribution in [-0.4, -0.2) is 21.4 Å². The molecule has 2 heteroatoms. The molecular weight excluding hydrogens is 152 g/mol. The number of aliphatic hydroxyl groups is 2. The first kappa shape index (κ1) is 8.52. The Kier molecular flexibility index (Phi) is 1.59. The summed E-state index contributed by atoms with van der Waals surface area (Å²) >= 11 is 0. The zero-order chi connectivity index (χ0) is 8.98. The zero-order valence-corrected chi connectivity index (χ0v) is 7.88. The standard InChI is InChI=1S/C10H18O2/c1-3-7-8(9(7,2)11)6-10(12)4-5-10/h7-8,11-12H,3-6H2,1-2H3/t7-,8-,9+/m1/s1. The molecule has 2 rings (SSSR count). The maximum atomic E-state index is 9.83. The topological polar surface area (TPSA) is 40.5 Å². The normalized spacial score (nSPS) is 49.0. The molecule has 0 aromatic carbocycles. The van der Waals surface area contributed by atoms with Crippen LogP contribution in [0.2, 0.25) is 0 Å². The molecule has 2 nitrogen and oxygen atoms in total. The van der Waals surface area contributed by atoms with Gasteiger partial charge in [0.25, 0.3) is 0 Å². The summed E-state index contributed by atoms with van der Waals surface area (Å²) in [6.45, 7) is 4.01. The average Bonchev–Trinajstić information content (AvgIpc) is 2.78. The van der Waals surface area contributed by atoms with Crippen LogP contribution in [0, 0.1) is 11.8 Å². The van der Waals surface area contributed by atoms with Crippen LogP contribution in [0.1, 0.15) is 39.5 Å². The van der Waals surface area contributed by atoms with Crippen molar-refractivity contribution in [1.29, 1.82) is 0 Å². The molecule has 0 bridgehead atoms. The van der Waals surface area contributed by atoms with E-state index in [1.54, 1.807) is 0 Å². The molecule has 2 aliphatic carbocycles. The molecule has 0 aromatic heterocycles. The Hall–Kier alpha value is -0.0800. The minimum atomic E-state index is -0.479. The lowest BCUT2D eigenvalue weighted by atomic mass is 10.1. The maximum absolute atomic E-state index is 9.83. The molecule has 0 heterocycles.